The Morgan fingerprint density at radius 2 is 2.62 bits per heavy atom. The van der Waals surface area contributed by atoms with Crippen molar-refractivity contribution >= 4 is 6.21 Å². The molecular formula is C4H7N3O. The second-order valence-corrected chi connectivity index (χ2v) is 1.49. The Hall–Kier alpha value is -1.03. The van der Waals surface area contributed by atoms with E-state index in [4.69, 9.17) is 10.9 Å². The molecule has 0 saturated heterocycles. The van der Waals surface area contributed by atoms with Crippen LogP contribution in [0.4, 0.5) is 0 Å². The van der Waals surface area contributed by atoms with Crippen LogP contribution in [0.5, 0.6) is 0 Å². The molecule has 0 aromatic carbocycles. The van der Waals surface area contributed by atoms with Crippen molar-refractivity contribution in [3.8, 4) is 0 Å². The summed E-state index contributed by atoms with van der Waals surface area (Å²) in [4.78, 5) is 3.69. The van der Waals surface area contributed by atoms with Gasteiger partial charge in [0.15, 0.2) is 0 Å². The lowest BCUT2D eigenvalue weighted by atomic mass is 10.6. The van der Waals surface area contributed by atoms with Crippen molar-refractivity contribution in [1.82, 2.24) is 5.06 Å². The lowest BCUT2D eigenvalue weighted by Gasteiger charge is -2.11. The highest BCUT2D eigenvalue weighted by molar-refractivity contribution is 5.62. The zero-order valence-electron chi connectivity index (χ0n) is 4.28. The van der Waals surface area contributed by atoms with Gasteiger partial charge in [0.25, 0.3) is 0 Å². The normalized spacial score (nSPS) is 18.6. The Labute approximate surface area is 46.9 Å². The molecule has 4 nitrogen and oxygen atoms in total. The average molecular weight is 113 g/mol. The molecule has 0 radical (unpaired) electrons. The molecule has 4 heteroatoms. The molecule has 0 amide bonds. The second-order valence-electron chi connectivity index (χ2n) is 1.49. The molecule has 0 aromatic rings. The lowest BCUT2D eigenvalue weighted by Crippen LogP contribution is -2.20. The molecule has 0 saturated carbocycles. The third kappa shape index (κ3) is 0.974. The van der Waals surface area contributed by atoms with E-state index in [1.54, 1.807) is 0 Å². The minimum Gasteiger partial charge on any atom is -0.382 e. The first-order valence-corrected chi connectivity index (χ1v) is 2.24. The molecule has 8 heavy (non-hydrogen) atoms. The highest BCUT2D eigenvalue weighted by Crippen LogP contribution is 1.93. The Morgan fingerprint density at radius 3 is 3.00 bits per heavy atom. The van der Waals surface area contributed by atoms with Gasteiger partial charge in [-0.2, -0.15) is 0 Å². The monoisotopic (exact) mass is 113 g/mol. The van der Waals surface area contributed by atoms with Crippen LogP contribution in [-0.2, 0) is 0 Å². The van der Waals surface area contributed by atoms with Gasteiger partial charge in [-0.25, -0.2) is 4.99 Å². The molecule has 0 aliphatic carbocycles. The molecule has 0 unspecified atom stereocenters. The summed E-state index contributed by atoms with van der Waals surface area (Å²) in [5, 5.41) is 9.64. The third-order valence-electron chi connectivity index (χ3n) is 0.790. The van der Waals surface area contributed by atoms with Gasteiger partial charge in [-0.15, -0.1) is 0 Å². The first-order valence-electron chi connectivity index (χ1n) is 2.24. The van der Waals surface area contributed by atoms with Gasteiger partial charge in [-0.05, 0) is 0 Å². The zero-order valence-corrected chi connectivity index (χ0v) is 4.28. The van der Waals surface area contributed by atoms with E-state index in [2.05, 4.69) is 4.99 Å². The summed E-state index contributed by atoms with van der Waals surface area (Å²) in [5.74, 6) is 0.332. The van der Waals surface area contributed by atoms with E-state index < -0.39 is 0 Å². The first-order chi connectivity index (χ1) is 3.79. The fraction of sp³-hybridized carbons (Fsp3) is 0.250. The Bertz CT molecular complexity index is 140. The van der Waals surface area contributed by atoms with E-state index in [-0.39, 0.29) is 0 Å². The van der Waals surface area contributed by atoms with Crippen LogP contribution in [0, 0.1) is 0 Å². The van der Waals surface area contributed by atoms with E-state index in [0.29, 0.717) is 12.4 Å². The van der Waals surface area contributed by atoms with Gasteiger partial charge in [0.1, 0.15) is 5.82 Å². The van der Waals surface area contributed by atoms with Crippen molar-refractivity contribution < 1.29 is 5.21 Å². The molecule has 0 aromatic heterocycles. The van der Waals surface area contributed by atoms with Gasteiger partial charge < -0.3 is 5.73 Å². The van der Waals surface area contributed by atoms with Crippen molar-refractivity contribution in [1.29, 1.82) is 0 Å². The number of hydrogen-bond acceptors (Lipinski definition) is 4. The molecule has 1 aliphatic heterocycles. The highest BCUT2D eigenvalue weighted by atomic mass is 16.5. The number of nitrogens with two attached hydrogens (primary N) is 1. The van der Waals surface area contributed by atoms with Crippen molar-refractivity contribution in [2.24, 2.45) is 10.7 Å². The maximum absolute atomic E-state index is 8.67. The lowest BCUT2D eigenvalue weighted by molar-refractivity contribution is -0.0263. The summed E-state index contributed by atoms with van der Waals surface area (Å²) in [7, 11) is 0. The van der Waals surface area contributed by atoms with Crippen molar-refractivity contribution in [3.05, 3.63) is 12.0 Å². The molecule has 1 heterocycles. The van der Waals surface area contributed by atoms with Gasteiger partial charge in [0.2, 0.25) is 0 Å². The highest BCUT2D eigenvalue weighted by Gasteiger charge is 1.96. The molecule has 0 fully saturated rings. The SMILES string of the molecule is NC1=CN(O)CC=N1. The minimum atomic E-state index is 0.332. The minimum absolute atomic E-state index is 0.332. The van der Waals surface area contributed by atoms with Crippen molar-refractivity contribution in [3.63, 3.8) is 0 Å². The van der Waals surface area contributed by atoms with Crippen LogP contribution in [-0.4, -0.2) is 23.0 Å². The van der Waals surface area contributed by atoms with Gasteiger partial charge in [-0.3, -0.25) is 10.3 Å². The number of hydroxylamine groups is 2. The predicted octanol–water partition coefficient (Wildman–Crippen LogP) is -0.480. The molecule has 0 spiro atoms. The summed E-state index contributed by atoms with van der Waals surface area (Å²) >= 11 is 0. The van der Waals surface area contributed by atoms with Gasteiger partial charge >= 0.3 is 0 Å². The van der Waals surface area contributed by atoms with E-state index in [1.807, 2.05) is 0 Å². The second kappa shape index (κ2) is 1.83. The van der Waals surface area contributed by atoms with E-state index in [0.717, 1.165) is 5.06 Å². The Morgan fingerprint density at radius 1 is 1.88 bits per heavy atom. The van der Waals surface area contributed by atoms with Crippen LogP contribution in [0.25, 0.3) is 0 Å². The maximum Gasteiger partial charge on any atom is 0.141 e. The topological polar surface area (TPSA) is 61.8 Å². The number of nitrogens with zero attached hydrogens (tertiary/aromatic N) is 2. The maximum atomic E-state index is 8.67. The molecule has 0 bridgehead atoms. The Balaban J connectivity index is 2.63. The standard InChI is InChI=1S/C4H7N3O/c5-4-3-7(8)2-1-6-4/h1,3,8H,2,5H2. The molecule has 3 N–H and O–H groups in total. The fourth-order valence-corrected chi connectivity index (χ4v) is 0.469. The molecule has 44 valence electrons. The summed E-state index contributed by atoms with van der Waals surface area (Å²) < 4.78 is 0. The van der Waals surface area contributed by atoms with Crippen LogP contribution in [0.1, 0.15) is 0 Å². The number of aliphatic imine (C=N–C) groups is 1. The van der Waals surface area contributed by atoms with Crippen molar-refractivity contribution in [2.45, 2.75) is 0 Å². The number of rotatable bonds is 0. The summed E-state index contributed by atoms with van der Waals surface area (Å²) in [6.07, 6.45) is 2.90. The summed E-state index contributed by atoms with van der Waals surface area (Å²) in [6, 6.07) is 0. The zero-order chi connectivity index (χ0) is 5.98. The molecule has 1 aliphatic rings. The summed E-state index contributed by atoms with van der Waals surface area (Å²) in [5.41, 5.74) is 5.19. The number of hydrogen-bond donors (Lipinski definition) is 2. The van der Waals surface area contributed by atoms with Crippen LogP contribution in [0.15, 0.2) is 17.0 Å². The van der Waals surface area contributed by atoms with Crippen LogP contribution in [0.3, 0.4) is 0 Å². The van der Waals surface area contributed by atoms with Crippen LogP contribution in [0.2, 0.25) is 0 Å². The summed E-state index contributed by atoms with van der Waals surface area (Å²) in [6.45, 7) is 0.417. The van der Waals surface area contributed by atoms with Gasteiger partial charge in [0.05, 0.1) is 12.7 Å². The van der Waals surface area contributed by atoms with E-state index in [9.17, 15) is 0 Å². The van der Waals surface area contributed by atoms with Crippen molar-refractivity contribution in [2.75, 3.05) is 6.54 Å². The molecule has 1 rings (SSSR count). The first kappa shape index (κ1) is 5.11. The van der Waals surface area contributed by atoms with E-state index >= 15 is 0 Å². The smallest absolute Gasteiger partial charge is 0.141 e. The largest absolute Gasteiger partial charge is 0.382 e. The van der Waals surface area contributed by atoms with Gasteiger partial charge in [-0.1, -0.05) is 0 Å². The fourth-order valence-electron chi connectivity index (χ4n) is 0.469. The molecular weight excluding hydrogens is 106 g/mol. The van der Waals surface area contributed by atoms with Crippen LogP contribution >= 0.6 is 0 Å². The third-order valence-corrected chi connectivity index (χ3v) is 0.790. The van der Waals surface area contributed by atoms with Crippen LogP contribution < -0.4 is 5.73 Å². The van der Waals surface area contributed by atoms with Gasteiger partial charge in [0, 0.05) is 6.21 Å². The quantitative estimate of drug-likeness (QED) is 0.446. The Kier molecular flexibility index (Phi) is 1.17. The van der Waals surface area contributed by atoms with E-state index in [1.165, 1.54) is 12.4 Å². The molecule has 0 atom stereocenters. The average Bonchev–Trinajstić information content (AvgIpc) is 1.64. The predicted molar refractivity (Wildman–Crippen MR) is 29.3 cm³/mol.